The molecule has 1 aromatic carbocycles. The van der Waals surface area contributed by atoms with E-state index in [1.807, 2.05) is 12.1 Å². The molecule has 1 aromatic heterocycles. The fourth-order valence-corrected chi connectivity index (χ4v) is 2.45. The number of benzene rings is 1. The molecule has 0 amide bonds. The highest BCUT2D eigenvalue weighted by Crippen LogP contribution is 2.22. The molecule has 0 atom stereocenters. The lowest BCUT2D eigenvalue weighted by Crippen LogP contribution is -2.46. The maximum absolute atomic E-state index is 5.91. The van der Waals surface area contributed by atoms with Gasteiger partial charge in [-0.25, -0.2) is 0 Å². The summed E-state index contributed by atoms with van der Waals surface area (Å²) in [6.45, 7) is 11.2. The minimum absolute atomic E-state index is 0.998. The molecule has 2 heteroatoms. The maximum Gasteiger partial charge on any atom is 0.159 e. The fourth-order valence-electron chi connectivity index (χ4n) is 2.45. The summed E-state index contributed by atoms with van der Waals surface area (Å²) in [6.07, 6.45) is 0. The summed E-state index contributed by atoms with van der Waals surface area (Å²) < 4.78 is 7.01. The highest BCUT2D eigenvalue weighted by molar-refractivity contribution is 5.77. The molecule has 1 heterocycles. The molecule has 0 aliphatic rings. The number of rotatable bonds is 5. The molecule has 92 valence electrons. The Morgan fingerprint density at radius 2 is 1.65 bits per heavy atom. The van der Waals surface area contributed by atoms with Gasteiger partial charge in [0.15, 0.2) is 5.76 Å². The third-order valence-corrected chi connectivity index (χ3v) is 3.98. The second kappa shape index (κ2) is 4.92. The van der Waals surface area contributed by atoms with E-state index in [0.29, 0.717) is 0 Å². The summed E-state index contributed by atoms with van der Waals surface area (Å²) in [5.74, 6) is 1.11. The van der Waals surface area contributed by atoms with Crippen LogP contribution < -0.4 is 0 Å². The van der Waals surface area contributed by atoms with E-state index in [-0.39, 0.29) is 0 Å². The first-order chi connectivity index (χ1) is 8.23. The normalized spacial score (nSPS) is 12.2. The van der Waals surface area contributed by atoms with Crippen molar-refractivity contribution in [2.45, 2.75) is 27.3 Å². The zero-order valence-corrected chi connectivity index (χ0v) is 11.1. The summed E-state index contributed by atoms with van der Waals surface area (Å²) in [5.41, 5.74) is 1.00. The molecule has 0 unspecified atom stereocenters. The van der Waals surface area contributed by atoms with Gasteiger partial charge in [-0.2, -0.15) is 0 Å². The SMILES string of the molecule is CC[N+](CC)(CC)Cc1cc2ccccc2o1. The van der Waals surface area contributed by atoms with Gasteiger partial charge in [0.25, 0.3) is 0 Å². The van der Waals surface area contributed by atoms with Crippen LogP contribution in [0.2, 0.25) is 0 Å². The molecule has 0 saturated heterocycles. The van der Waals surface area contributed by atoms with Crippen LogP contribution in [0, 0.1) is 0 Å². The van der Waals surface area contributed by atoms with Gasteiger partial charge in [-0.1, -0.05) is 18.2 Å². The van der Waals surface area contributed by atoms with Crippen molar-refractivity contribution in [3.05, 3.63) is 36.1 Å². The van der Waals surface area contributed by atoms with Crippen molar-refractivity contribution in [3.63, 3.8) is 0 Å². The van der Waals surface area contributed by atoms with Gasteiger partial charge < -0.3 is 8.90 Å². The molecule has 2 rings (SSSR count). The van der Waals surface area contributed by atoms with Crippen LogP contribution >= 0.6 is 0 Å². The van der Waals surface area contributed by atoms with E-state index in [2.05, 4.69) is 39.0 Å². The van der Waals surface area contributed by atoms with Crippen LogP contribution in [-0.2, 0) is 6.54 Å². The summed E-state index contributed by atoms with van der Waals surface area (Å²) in [7, 11) is 0. The smallest absolute Gasteiger partial charge is 0.159 e. The second-order valence-electron chi connectivity index (χ2n) is 4.70. The lowest BCUT2D eigenvalue weighted by molar-refractivity contribution is -0.936. The number of quaternary nitrogens is 1. The molecule has 0 saturated carbocycles. The minimum Gasteiger partial charge on any atom is -0.455 e. The van der Waals surface area contributed by atoms with E-state index >= 15 is 0 Å². The van der Waals surface area contributed by atoms with Crippen LogP contribution in [0.4, 0.5) is 0 Å². The average molecular weight is 232 g/mol. The van der Waals surface area contributed by atoms with Gasteiger partial charge in [0.2, 0.25) is 0 Å². The summed E-state index contributed by atoms with van der Waals surface area (Å²) in [4.78, 5) is 0. The first-order valence-corrected chi connectivity index (χ1v) is 6.55. The van der Waals surface area contributed by atoms with Gasteiger partial charge >= 0.3 is 0 Å². The summed E-state index contributed by atoms with van der Waals surface area (Å²) >= 11 is 0. The highest BCUT2D eigenvalue weighted by atomic mass is 16.3. The minimum atomic E-state index is 0.998. The van der Waals surface area contributed by atoms with Crippen molar-refractivity contribution < 1.29 is 8.90 Å². The Morgan fingerprint density at radius 1 is 1.00 bits per heavy atom. The van der Waals surface area contributed by atoms with E-state index in [9.17, 15) is 0 Å². The highest BCUT2D eigenvalue weighted by Gasteiger charge is 2.23. The molecule has 0 radical (unpaired) electrons. The van der Waals surface area contributed by atoms with Gasteiger partial charge in [0.1, 0.15) is 12.1 Å². The predicted molar refractivity (Wildman–Crippen MR) is 71.8 cm³/mol. The van der Waals surface area contributed by atoms with Gasteiger partial charge in [-0.3, -0.25) is 0 Å². The molecule has 0 N–H and O–H groups in total. The molecule has 17 heavy (non-hydrogen) atoms. The molecular weight excluding hydrogens is 210 g/mol. The topological polar surface area (TPSA) is 13.1 Å². The molecule has 0 fully saturated rings. The van der Waals surface area contributed by atoms with E-state index < -0.39 is 0 Å². The Morgan fingerprint density at radius 3 is 2.24 bits per heavy atom. The van der Waals surface area contributed by atoms with E-state index in [1.54, 1.807) is 0 Å². The quantitative estimate of drug-likeness (QED) is 0.714. The van der Waals surface area contributed by atoms with Crippen molar-refractivity contribution in [2.75, 3.05) is 19.6 Å². The van der Waals surface area contributed by atoms with Crippen molar-refractivity contribution in [1.82, 2.24) is 0 Å². The first kappa shape index (κ1) is 12.2. The van der Waals surface area contributed by atoms with Crippen LogP contribution in [0.1, 0.15) is 26.5 Å². The van der Waals surface area contributed by atoms with Gasteiger partial charge in [0, 0.05) is 5.39 Å². The standard InChI is InChI=1S/C15H22NO/c1-4-16(5-2,6-3)12-14-11-13-9-7-8-10-15(13)17-14/h7-11H,4-6,12H2,1-3H3/q+1. The molecule has 0 bridgehead atoms. The number of para-hydroxylation sites is 1. The number of furan rings is 1. The van der Waals surface area contributed by atoms with Crippen LogP contribution in [0.5, 0.6) is 0 Å². The average Bonchev–Trinajstić information content (AvgIpc) is 2.78. The number of hydrogen-bond donors (Lipinski definition) is 0. The Balaban J connectivity index is 2.28. The Kier molecular flexibility index (Phi) is 3.53. The number of fused-ring (bicyclic) bond motifs is 1. The Bertz CT molecular complexity index is 441. The Labute approximate surface area is 103 Å². The lowest BCUT2D eigenvalue weighted by Gasteiger charge is -2.34. The summed E-state index contributed by atoms with van der Waals surface area (Å²) in [6, 6.07) is 10.4. The van der Waals surface area contributed by atoms with Crippen LogP contribution in [0.3, 0.4) is 0 Å². The molecule has 2 nitrogen and oxygen atoms in total. The number of nitrogens with zero attached hydrogens (tertiary/aromatic N) is 1. The van der Waals surface area contributed by atoms with Gasteiger partial charge in [-0.05, 0) is 32.9 Å². The number of hydrogen-bond acceptors (Lipinski definition) is 1. The summed E-state index contributed by atoms with van der Waals surface area (Å²) in [5, 5.41) is 1.21. The molecular formula is C15H22NO+. The second-order valence-corrected chi connectivity index (χ2v) is 4.70. The molecule has 0 spiro atoms. The van der Waals surface area contributed by atoms with Crippen molar-refractivity contribution in [1.29, 1.82) is 0 Å². The van der Waals surface area contributed by atoms with Crippen LogP contribution in [0.15, 0.2) is 34.7 Å². The maximum atomic E-state index is 5.91. The van der Waals surface area contributed by atoms with Gasteiger partial charge in [-0.15, -0.1) is 0 Å². The predicted octanol–water partition coefficient (Wildman–Crippen LogP) is 3.81. The van der Waals surface area contributed by atoms with E-state index in [0.717, 1.165) is 42.0 Å². The fraction of sp³-hybridized carbons (Fsp3) is 0.467. The largest absolute Gasteiger partial charge is 0.455 e. The molecule has 0 aliphatic carbocycles. The van der Waals surface area contributed by atoms with E-state index in [4.69, 9.17) is 4.42 Å². The van der Waals surface area contributed by atoms with E-state index in [1.165, 1.54) is 5.39 Å². The Hall–Kier alpha value is -1.28. The van der Waals surface area contributed by atoms with Crippen molar-refractivity contribution in [2.24, 2.45) is 0 Å². The third-order valence-electron chi connectivity index (χ3n) is 3.98. The van der Waals surface area contributed by atoms with Crippen LogP contribution in [-0.4, -0.2) is 24.1 Å². The van der Waals surface area contributed by atoms with Crippen molar-refractivity contribution >= 4 is 11.0 Å². The lowest BCUT2D eigenvalue weighted by atomic mass is 10.2. The monoisotopic (exact) mass is 232 g/mol. The van der Waals surface area contributed by atoms with Crippen LogP contribution in [0.25, 0.3) is 11.0 Å². The van der Waals surface area contributed by atoms with Gasteiger partial charge in [0.05, 0.1) is 19.6 Å². The van der Waals surface area contributed by atoms with Crippen molar-refractivity contribution in [3.8, 4) is 0 Å². The molecule has 2 aromatic rings. The zero-order valence-electron chi connectivity index (χ0n) is 11.1. The third kappa shape index (κ3) is 2.37. The zero-order chi connectivity index (χ0) is 12.3. The first-order valence-electron chi connectivity index (χ1n) is 6.55. The molecule has 0 aliphatic heterocycles.